The van der Waals surface area contributed by atoms with Crippen molar-refractivity contribution in [3.8, 4) is 0 Å². The molecule has 0 aromatic rings. The van der Waals surface area contributed by atoms with E-state index >= 15 is 0 Å². The predicted molar refractivity (Wildman–Crippen MR) is 83.5 cm³/mol. The number of rotatable bonds is 4. The van der Waals surface area contributed by atoms with Gasteiger partial charge < -0.3 is 5.32 Å². The highest BCUT2D eigenvalue weighted by molar-refractivity contribution is 5.07. The first-order valence-corrected chi connectivity index (χ1v) is 8.33. The molecule has 1 heterocycles. The zero-order valence-corrected chi connectivity index (χ0v) is 13.9. The predicted octanol–water partition coefficient (Wildman–Crippen LogP) is 3.66. The summed E-state index contributed by atoms with van der Waals surface area (Å²) in [4.78, 5) is 2.87. The fraction of sp³-hybridized carbons (Fsp3) is 1.00. The zero-order valence-electron chi connectivity index (χ0n) is 13.9. The van der Waals surface area contributed by atoms with Crippen molar-refractivity contribution in [3.05, 3.63) is 0 Å². The highest BCUT2D eigenvalue weighted by Crippen LogP contribution is 2.46. The number of hydrogen-bond donors (Lipinski definition) is 1. The summed E-state index contributed by atoms with van der Waals surface area (Å²) in [5.41, 5.74) is 0.758. The average molecular weight is 266 g/mol. The lowest BCUT2D eigenvalue weighted by Crippen LogP contribution is -2.68. The van der Waals surface area contributed by atoms with Gasteiger partial charge in [0, 0.05) is 30.7 Å². The molecule has 2 aliphatic rings. The third kappa shape index (κ3) is 3.00. The monoisotopic (exact) mass is 266 g/mol. The second-order valence-electron chi connectivity index (χ2n) is 8.05. The lowest BCUT2D eigenvalue weighted by atomic mass is 9.79. The minimum Gasteiger partial charge on any atom is -0.310 e. The largest absolute Gasteiger partial charge is 0.310 e. The Hall–Kier alpha value is -0.0800. The molecule has 112 valence electrons. The first-order valence-electron chi connectivity index (χ1n) is 8.33. The molecule has 0 amide bonds. The van der Waals surface area contributed by atoms with Gasteiger partial charge in [-0.3, -0.25) is 4.90 Å². The number of hydrogen-bond acceptors (Lipinski definition) is 2. The maximum atomic E-state index is 3.86. The van der Waals surface area contributed by atoms with Gasteiger partial charge in [-0.2, -0.15) is 0 Å². The van der Waals surface area contributed by atoms with Gasteiger partial charge in [0.15, 0.2) is 0 Å². The average Bonchev–Trinajstić information content (AvgIpc) is 3.15. The van der Waals surface area contributed by atoms with Crippen molar-refractivity contribution >= 4 is 0 Å². The van der Waals surface area contributed by atoms with Crippen molar-refractivity contribution in [3.63, 3.8) is 0 Å². The van der Waals surface area contributed by atoms with Crippen molar-refractivity contribution in [2.24, 2.45) is 11.3 Å². The molecule has 2 atom stereocenters. The molecule has 1 aliphatic heterocycles. The number of piperazine rings is 1. The normalized spacial score (nSPS) is 33.9. The van der Waals surface area contributed by atoms with Gasteiger partial charge in [0.2, 0.25) is 0 Å². The molecule has 2 fully saturated rings. The first-order chi connectivity index (χ1) is 8.82. The van der Waals surface area contributed by atoms with E-state index in [4.69, 9.17) is 0 Å². The van der Waals surface area contributed by atoms with E-state index in [0.29, 0.717) is 17.0 Å². The van der Waals surface area contributed by atoms with Gasteiger partial charge in [-0.15, -0.1) is 0 Å². The van der Waals surface area contributed by atoms with Gasteiger partial charge in [-0.25, -0.2) is 0 Å². The molecule has 2 unspecified atom stereocenters. The fourth-order valence-electron chi connectivity index (χ4n) is 3.86. The third-order valence-corrected chi connectivity index (χ3v) is 5.63. The minimum atomic E-state index is 0.356. The molecular formula is C17H34N2. The maximum absolute atomic E-state index is 3.86. The van der Waals surface area contributed by atoms with Crippen LogP contribution < -0.4 is 5.32 Å². The molecule has 1 saturated heterocycles. The first kappa shape index (κ1) is 15.3. The van der Waals surface area contributed by atoms with Crippen LogP contribution in [0.5, 0.6) is 0 Å². The zero-order chi connectivity index (χ0) is 14.3. The molecular weight excluding hydrogens is 232 g/mol. The van der Waals surface area contributed by atoms with Crippen LogP contribution >= 0.6 is 0 Å². The van der Waals surface area contributed by atoms with E-state index in [2.05, 4.69) is 51.8 Å². The van der Waals surface area contributed by atoms with Gasteiger partial charge in [0.05, 0.1) is 0 Å². The summed E-state index contributed by atoms with van der Waals surface area (Å²) in [6.07, 6.45) is 5.45. The lowest BCUT2D eigenvalue weighted by molar-refractivity contribution is -0.0236. The highest BCUT2D eigenvalue weighted by atomic mass is 15.3. The van der Waals surface area contributed by atoms with E-state index in [-0.39, 0.29) is 0 Å². The van der Waals surface area contributed by atoms with Gasteiger partial charge in [-0.05, 0) is 43.9 Å². The highest BCUT2D eigenvalue weighted by Gasteiger charge is 2.50. The van der Waals surface area contributed by atoms with Crippen LogP contribution in [0.2, 0.25) is 0 Å². The molecule has 2 heteroatoms. The molecule has 2 rings (SSSR count). The van der Waals surface area contributed by atoms with Crippen molar-refractivity contribution < 1.29 is 0 Å². The Labute approximate surface area is 120 Å². The summed E-state index contributed by atoms with van der Waals surface area (Å²) in [5.74, 6) is 0.932. The van der Waals surface area contributed by atoms with Crippen molar-refractivity contribution in [1.82, 2.24) is 10.2 Å². The summed E-state index contributed by atoms with van der Waals surface area (Å²) >= 11 is 0. The lowest BCUT2D eigenvalue weighted by Gasteiger charge is -2.54. The van der Waals surface area contributed by atoms with E-state index in [1.165, 1.54) is 38.8 Å². The van der Waals surface area contributed by atoms with Crippen LogP contribution in [0.3, 0.4) is 0 Å². The van der Waals surface area contributed by atoms with E-state index in [9.17, 15) is 0 Å². The standard InChI is InChI=1S/C17H34N2/c1-7-14(8-2)19-11-15(16(3,4)5)18-12-17(19,6)13-9-10-13/h13-15,18H,7-12H2,1-6H3. The Morgan fingerprint density at radius 2 is 1.79 bits per heavy atom. The molecule has 0 aromatic heterocycles. The summed E-state index contributed by atoms with van der Waals surface area (Å²) in [5, 5.41) is 3.86. The molecule has 1 aliphatic carbocycles. The van der Waals surface area contributed by atoms with E-state index in [1.807, 2.05) is 0 Å². The summed E-state index contributed by atoms with van der Waals surface area (Å²) in [6, 6.07) is 1.39. The smallest absolute Gasteiger partial charge is 0.0337 e. The van der Waals surface area contributed by atoms with Gasteiger partial charge >= 0.3 is 0 Å². The molecule has 1 saturated carbocycles. The van der Waals surface area contributed by atoms with Gasteiger partial charge in [0.25, 0.3) is 0 Å². The van der Waals surface area contributed by atoms with Crippen LogP contribution in [0.4, 0.5) is 0 Å². The van der Waals surface area contributed by atoms with Crippen LogP contribution in [0, 0.1) is 11.3 Å². The van der Waals surface area contributed by atoms with Crippen LogP contribution in [-0.2, 0) is 0 Å². The van der Waals surface area contributed by atoms with Crippen molar-refractivity contribution in [2.75, 3.05) is 13.1 Å². The van der Waals surface area contributed by atoms with Crippen LogP contribution in [0.15, 0.2) is 0 Å². The molecule has 0 spiro atoms. The molecule has 0 radical (unpaired) electrons. The fourth-order valence-corrected chi connectivity index (χ4v) is 3.86. The SMILES string of the molecule is CCC(CC)N1CC(C(C)(C)C)NCC1(C)C1CC1. The van der Waals surface area contributed by atoms with Gasteiger partial charge in [-0.1, -0.05) is 34.6 Å². The third-order valence-electron chi connectivity index (χ3n) is 5.63. The van der Waals surface area contributed by atoms with Crippen LogP contribution in [-0.4, -0.2) is 35.6 Å². The molecule has 0 aromatic carbocycles. The molecule has 1 N–H and O–H groups in total. The van der Waals surface area contributed by atoms with Crippen molar-refractivity contribution in [2.45, 2.75) is 84.8 Å². The Bertz CT molecular complexity index is 299. The second-order valence-corrected chi connectivity index (χ2v) is 8.05. The molecule has 0 bridgehead atoms. The quantitative estimate of drug-likeness (QED) is 0.835. The number of nitrogens with one attached hydrogen (secondary N) is 1. The Morgan fingerprint density at radius 1 is 1.21 bits per heavy atom. The number of nitrogens with zero attached hydrogens (tertiary/aromatic N) is 1. The van der Waals surface area contributed by atoms with E-state index in [0.717, 1.165) is 12.0 Å². The Balaban J connectivity index is 2.18. The second kappa shape index (κ2) is 5.37. The summed E-state index contributed by atoms with van der Waals surface area (Å²) < 4.78 is 0. The summed E-state index contributed by atoms with van der Waals surface area (Å²) in [7, 11) is 0. The van der Waals surface area contributed by atoms with E-state index < -0.39 is 0 Å². The van der Waals surface area contributed by atoms with E-state index in [1.54, 1.807) is 0 Å². The minimum absolute atomic E-state index is 0.356. The van der Waals surface area contributed by atoms with Crippen LogP contribution in [0.1, 0.15) is 67.2 Å². The molecule has 2 nitrogen and oxygen atoms in total. The van der Waals surface area contributed by atoms with Crippen molar-refractivity contribution in [1.29, 1.82) is 0 Å². The Kier molecular flexibility index (Phi) is 4.32. The topological polar surface area (TPSA) is 15.3 Å². The maximum Gasteiger partial charge on any atom is 0.0337 e. The van der Waals surface area contributed by atoms with Gasteiger partial charge in [0.1, 0.15) is 0 Å². The molecule has 19 heavy (non-hydrogen) atoms. The Morgan fingerprint density at radius 3 is 2.21 bits per heavy atom. The van der Waals surface area contributed by atoms with Crippen LogP contribution in [0.25, 0.3) is 0 Å². The summed E-state index contributed by atoms with van der Waals surface area (Å²) in [6.45, 7) is 16.7.